The molecule has 0 heterocycles. The van der Waals surface area contributed by atoms with Gasteiger partial charge in [-0.05, 0) is 84.6 Å². The molecule has 4 aromatic carbocycles. The number of benzene rings is 4. The summed E-state index contributed by atoms with van der Waals surface area (Å²) in [6, 6.07) is 30.3. The van der Waals surface area contributed by atoms with Gasteiger partial charge in [-0.3, -0.25) is 4.21 Å². The van der Waals surface area contributed by atoms with E-state index in [-0.39, 0.29) is 4.90 Å². The molecule has 32 heavy (non-hydrogen) atoms. The number of aryl methyl sites for hydroxylation is 2. The van der Waals surface area contributed by atoms with Gasteiger partial charge in [0.15, 0.2) is 0 Å². The van der Waals surface area contributed by atoms with E-state index in [0.29, 0.717) is 11.5 Å². The Morgan fingerprint density at radius 1 is 0.594 bits per heavy atom. The minimum Gasteiger partial charge on any atom is -0.768 e. The summed E-state index contributed by atoms with van der Waals surface area (Å²) in [5.74, 6) is 2.09. The maximum atomic E-state index is 10.8. The van der Waals surface area contributed by atoms with E-state index in [1.54, 1.807) is 19.2 Å². The third-order valence-electron chi connectivity index (χ3n) is 4.75. The molecule has 0 bridgehead atoms. The van der Waals surface area contributed by atoms with E-state index in [1.165, 1.54) is 23.3 Å². The van der Waals surface area contributed by atoms with Crippen LogP contribution in [0.15, 0.2) is 102 Å². The minimum absolute atomic E-state index is 0.234. The van der Waals surface area contributed by atoms with Crippen LogP contribution < -0.4 is 9.47 Å². The van der Waals surface area contributed by atoms with E-state index in [9.17, 15) is 8.76 Å². The van der Waals surface area contributed by atoms with Crippen molar-refractivity contribution in [2.75, 3.05) is 7.11 Å². The Morgan fingerprint density at radius 2 is 0.969 bits per heavy atom. The van der Waals surface area contributed by atoms with Gasteiger partial charge in [-0.15, -0.1) is 0 Å². The van der Waals surface area contributed by atoms with E-state index in [0.717, 1.165) is 16.9 Å². The predicted octanol–water partition coefficient (Wildman–Crippen LogP) is 6.70. The first-order valence-electron chi connectivity index (χ1n) is 10.1. The smallest absolute Gasteiger partial charge is 0.127 e. The molecule has 5 heteroatoms. The molecular formula is C27H25O4S-. The molecular weight excluding hydrogens is 420 g/mol. The molecule has 0 spiro atoms. The van der Waals surface area contributed by atoms with E-state index >= 15 is 0 Å². The van der Waals surface area contributed by atoms with Crippen molar-refractivity contribution < 1.29 is 18.2 Å². The van der Waals surface area contributed by atoms with Gasteiger partial charge in [0.2, 0.25) is 0 Å². The maximum absolute atomic E-state index is 10.8. The van der Waals surface area contributed by atoms with Crippen LogP contribution in [0.2, 0.25) is 0 Å². The Kier molecular flexibility index (Phi) is 8.20. The molecule has 0 aliphatic rings. The maximum Gasteiger partial charge on any atom is 0.127 e. The summed E-state index contributed by atoms with van der Waals surface area (Å²) in [4.78, 5) is 0.234. The van der Waals surface area contributed by atoms with Crippen molar-refractivity contribution in [3.63, 3.8) is 0 Å². The normalized spacial score (nSPS) is 11.1. The van der Waals surface area contributed by atoms with Crippen LogP contribution in [0.4, 0.5) is 0 Å². The first-order chi connectivity index (χ1) is 15.4. The SMILES string of the molecule is COc1ccc(-c2ccc(Oc3ccc(S(=O)[O-])cc3)cc2)cc1.Cc1ccc(C)cc1. The van der Waals surface area contributed by atoms with Crippen molar-refractivity contribution in [3.05, 3.63) is 108 Å². The van der Waals surface area contributed by atoms with Gasteiger partial charge in [0.25, 0.3) is 0 Å². The molecule has 0 saturated carbocycles. The van der Waals surface area contributed by atoms with Crippen LogP contribution in [-0.2, 0) is 11.1 Å². The van der Waals surface area contributed by atoms with Crippen LogP contribution in [0, 0.1) is 13.8 Å². The van der Waals surface area contributed by atoms with Crippen LogP contribution in [0.5, 0.6) is 17.2 Å². The lowest BCUT2D eigenvalue weighted by Crippen LogP contribution is -1.89. The summed E-state index contributed by atoms with van der Waals surface area (Å²) >= 11 is -2.23. The summed E-state index contributed by atoms with van der Waals surface area (Å²) in [5.41, 5.74) is 4.82. The van der Waals surface area contributed by atoms with Crippen LogP contribution in [0.1, 0.15) is 11.1 Å². The lowest BCUT2D eigenvalue weighted by atomic mass is 10.1. The Balaban J connectivity index is 0.000000305. The Bertz CT molecular complexity index is 1110. The quantitative estimate of drug-likeness (QED) is 0.321. The minimum atomic E-state index is -2.23. The third-order valence-corrected chi connectivity index (χ3v) is 5.40. The number of hydrogen-bond acceptors (Lipinski definition) is 4. The second-order valence-corrected chi connectivity index (χ2v) is 8.16. The molecule has 0 fully saturated rings. The fraction of sp³-hybridized carbons (Fsp3) is 0.111. The highest BCUT2D eigenvalue weighted by Crippen LogP contribution is 2.27. The highest BCUT2D eigenvalue weighted by atomic mass is 32.2. The molecule has 0 amide bonds. The molecule has 1 unspecified atom stereocenters. The summed E-state index contributed by atoms with van der Waals surface area (Å²) in [5, 5.41) is 0. The zero-order chi connectivity index (χ0) is 22.9. The van der Waals surface area contributed by atoms with Crippen LogP contribution >= 0.6 is 0 Å². The van der Waals surface area contributed by atoms with Crippen LogP contribution in [0.25, 0.3) is 11.1 Å². The van der Waals surface area contributed by atoms with Gasteiger partial charge in [-0.1, -0.05) is 59.7 Å². The highest BCUT2D eigenvalue weighted by Gasteiger charge is 2.02. The molecule has 0 aromatic heterocycles. The molecule has 4 rings (SSSR count). The lowest BCUT2D eigenvalue weighted by molar-refractivity contribution is 0.415. The van der Waals surface area contributed by atoms with E-state index in [4.69, 9.17) is 9.47 Å². The highest BCUT2D eigenvalue weighted by molar-refractivity contribution is 7.79. The summed E-state index contributed by atoms with van der Waals surface area (Å²) in [7, 11) is 1.64. The summed E-state index contributed by atoms with van der Waals surface area (Å²) in [6.07, 6.45) is 0. The topological polar surface area (TPSA) is 58.6 Å². The third kappa shape index (κ3) is 6.80. The van der Waals surface area contributed by atoms with Crippen molar-refractivity contribution in [2.45, 2.75) is 18.7 Å². The zero-order valence-corrected chi connectivity index (χ0v) is 19.1. The van der Waals surface area contributed by atoms with Gasteiger partial charge >= 0.3 is 0 Å². The van der Waals surface area contributed by atoms with Gasteiger partial charge in [-0.2, -0.15) is 0 Å². The van der Waals surface area contributed by atoms with Crippen molar-refractivity contribution in [1.29, 1.82) is 0 Å². The molecule has 0 aliphatic heterocycles. The standard InChI is InChI=1S/C19H16O4S.C8H10/c1-22-16-6-2-14(3-7-16)15-4-8-17(9-5-15)23-18-10-12-19(13-11-18)24(20)21;1-7-3-5-8(2)6-4-7/h2-13H,1H3,(H,20,21);3-6H,1-2H3/p-1. The van der Waals surface area contributed by atoms with Gasteiger partial charge in [0.1, 0.15) is 17.2 Å². The van der Waals surface area contributed by atoms with Crippen molar-refractivity contribution in [3.8, 4) is 28.4 Å². The molecule has 0 radical (unpaired) electrons. The Labute approximate surface area is 191 Å². The first kappa shape index (κ1) is 23.3. The molecule has 4 aromatic rings. The van der Waals surface area contributed by atoms with Crippen LogP contribution in [-0.4, -0.2) is 15.9 Å². The number of hydrogen-bond donors (Lipinski definition) is 0. The largest absolute Gasteiger partial charge is 0.768 e. The molecule has 0 aliphatic carbocycles. The fourth-order valence-corrected chi connectivity index (χ4v) is 3.25. The molecule has 4 nitrogen and oxygen atoms in total. The Hall–Kier alpha value is -3.41. The van der Waals surface area contributed by atoms with Gasteiger partial charge in [-0.25, -0.2) is 0 Å². The second kappa shape index (κ2) is 11.3. The average Bonchev–Trinajstić information content (AvgIpc) is 2.82. The van der Waals surface area contributed by atoms with Gasteiger partial charge in [0, 0.05) is 4.90 Å². The van der Waals surface area contributed by atoms with Gasteiger partial charge < -0.3 is 14.0 Å². The molecule has 1 atom stereocenters. The number of methoxy groups -OCH3 is 1. The first-order valence-corrected chi connectivity index (χ1v) is 11.2. The lowest BCUT2D eigenvalue weighted by Gasteiger charge is -2.09. The summed E-state index contributed by atoms with van der Waals surface area (Å²) < 4.78 is 32.5. The zero-order valence-electron chi connectivity index (χ0n) is 18.3. The fourth-order valence-electron chi connectivity index (χ4n) is 2.89. The van der Waals surface area contributed by atoms with Gasteiger partial charge in [0.05, 0.1) is 7.11 Å². The van der Waals surface area contributed by atoms with Crippen molar-refractivity contribution in [1.82, 2.24) is 0 Å². The molecule has 164 valence electrons. The van der Waals surface area contributed by atoms with Crippen molar-refractivity contribution >= 4 is 11.1 Å². The molecule has 0 N–H and O–H groups in total. The predicted molar refractivity (Wildman–Crippen MR) is 128 cm³/mol. The van der Waals surface area contributed by atoms with E-state index in [1.807, 2.05) is 48.5 Å². The molecule has 0 saturated heterocycles. The monoisotopic (exact) mass is 445 g/mol. The average molecular weight is 446 g/mol. The second-order valence-electron chi connectivity index (χ2n) is 7.22. The number of ether oxygens (including phenoxy) is 2. The number of rotatable bonds is 5. The van der Waals surface area contributed by atoms with Crippen molar-refractivity contribution in [2.24, 2.45) is 0 Å². The Morgan fingerprint density at radius 3 is 1.34 bits per heavy atom. The summed E-state index contributed by atoms with van der Waals surface area (Å²) in [6.45, 7) is 4.19. The van der Waals surface area contributed by atoms with E-state index in [2.05, 4.69) is 38.1 Å². The van der Waals surface area contributed by atoms with Crippen LogP contribution in [0.3, 0.4) is 0 Å². The van der Waals surface area contributed by atoms with E-state index < -0.39 is 11.1 Å².